The first-order valence-corrected chi connectivity index (χ1v) is 10.4. The molecule has 3 aromatic rings. The van der Waals surface area contributed by atoms with Crippen LogP contribution in [0.3, 0.4) is 0 Å². The second-order valence-corrected chi connectivity index (χ2v) is 7.68. The highest BCUT2D eigenvalue weighted by molar-refractivity contribution is 6.10. The van der Waals surface area contributed by atoms with Crippen LogP contribution < -0.4 is 20.1 Å². The molecule has 34 heavy (non-hydrogen) atoms. The molecule has 1 heterocycles. The monoisotopic (exact) mass is 459 g/mol. The highest BCUT2D eigenvalue weighted by atomic mass is 16.7. The molecule has 3 aromatic carbocycles. The van der Waals surface area contributed by atoms with E-state index in [4.69, 9.17) is 9.47 Å². The van der Waals surface area contributed by atoms with Crippen LogP contribution in [0.15, 0.2) is 66.4 Å². The number of carbonyl (C=O) groups is 2. The van der Waals surface area contributed by atoms with Crippen LogP contribution in [0.5, 0.6) is 11.5 Å². The van der Waals surface area contributed by atoms with Crippen LogP contribution >= 0.6 is 0 Å². The molecule has 4 rings (SSSR count). The molecule has 0 fully saturated rings. The lowest BCUT2D eigenvalue weighted by atomic mass is 10.1. The quantitative estimate of drug-likeness (QED) is 0.321. The summed E-state index contributed by atoms with van der Waals surface area (Å²) in [6.07, 6.45) is 1.52. The fourth-order valence-corrected chi connectivity index (χ4v) is 3.27. The summed E-state index contributed by atoms with van der Waals surface area (Å²) >= 11 is 0. The van der Waals surface area contributed by atoms with Gasteiger partial charge in [-0.05, 0) is 73.0 Å². The summed E-state index contributed by atoms with van der Waals surface area (Å²) in [6, 6.07) is 15.8. The SMILES string of the molecule is Cc1ccc(C(=O)N/C(=C/c2ccc3c(c2)OCO3)C(=O)Nc2ccc([N+](=O)[O-])cc2)cc1C. The summed E-state index contributed by atoms with van der Waals surface area (Å²) in [5.74, 6) is 0.0789. The number of fused-ring (bicyclic) bond motifs is 1. The first-order chi connectivity index (χ1) is 16.3. The first-order valence-electron chi connectivity index (χ1n) is 10.4. The summed E-state index contributed by atoms with van der Waals surface area (Å²) in [5.41, 5.74) is 3.24. The van der Waals surface area contributed by atoms with Gasteiger partial charge < -0.3 is 20.1 Å². The molecule has 0 aliphatic carbocycles. The van der Waals surface area contributed by atoms with Gasteiger partial charge >= 0.3 is 0 Å². The number of rotatable bonds is 6. The van der Waals surface area contributed by atoms with Crippen molar-refractivity contribution in [1.29, 1.82) is 0 Å². The summed E-state index contributed by atoms with van der Waals surface area (Å²) in [5, 5.41) is 16.2. The number of hydrogen-bond donors (Lipinski definition) is 2. The van der Waals surface area contributed by atoms with E-state index >= 15 is 0 Å². The number of nitro groups is 1. The third-order valence-corrected chi connectivity index (χ3v) is 5.31. The minimum absolute atomic E-state index is 0.0135. The van der Waals surface area contributed by atoms with Crippen molar-refractivity contribution in [3.8, 4) is 11.5 Å². The van der Waals surface area contributed by atoms with Crippen molar-refractivity contribution in [2.45, 2.75) is 13.8 Å². The van der Waals surface area contributed by atoms with Crippen molar-refractivity contribution < 1.29 is 24.0 Å². The van der Waals surface area contributed by atoms with Crippen molar-refractivity contribution in [3.05, 3.63) is 98.7 Å². The molecule has 9 heteroatoms. The van der Waals surface area contributed by atoms with Gasteiger partial charge in [-0.15, -0.1) is 0 Å². The van der Waals surface area contributed by atoms with E-state index < -0.39 is 16.7 Å². The van der Waals surface area contributed by atoms with Crippen LogP contribution in [-0.2, 0) is 4.79 Å². The predicted molar refractivity (Wildman–Crippen MR) is 126 cm³/mol. The number of hydrogen-bond acceptors (Lipinski definition) is 6. The van der Waals surface area contributed by atoms with Crippen molar-refractivity contribution in [2.24, 2.45) is 0 Å². The van der Waals surface area contributed by atoms with Gasteiger partial charge in [-0.3, -0.25) is 19.7 Å². The lowest BCUT2D eigenvalue weighted by Crippen LogP contribution is -2.30. The number of aryl methyl sites for hydroxylation is 2. The van der Waals surface area contributed by atoms with Gasteiger partial charge in [0.15, 0.2) is 11.5 Å². The largest absolute Gasteiger partial charge is 0.454 e. The molecule has 0 unspecified atom stereocenters. The topological polar surface area (TPSA) is 120 Å². The molecule has 172 valence electrons. The molecule has 2 amide bonds. The van der Waals surface area contributed by atoms with Gasteiger partial charge in [0.1, 0.15) is 5.70 Å². The molecule has 1 aliphatic heterocycles. The van der Waals surface area contributed by atoms with Crippen molar-refractivity contribution in [2.75, 3.05) is 12.1 Å². The van der Waals surface area contributed by atoms with E-state index in [0.29, 0.717) is 28.3 Å². The molecule has 0 bridgehead atoms. The zero-order chi connectivity index (χ0) is 24.2. The van der Waals surface area contributed by atoms with Gasteiger partial charge in [-0.25, -0.2) is 0 Å². The van der Waals surface area contributed by atoms with Gasteiger partial charge in [0, 0.05) is 23.4 Å². The maximum absolute atomic E-state index is 13.1. The molecule has 0 saturated carbocycles. The van der Waals surface area contributed by atoms with Gasteiger partial charge in [-0.2, -0.15) is 0 Å². The lowest BCUT2D eigenvalue weighted by molar-refractivity contribution is -0.384. The summed E-state index contributed by atoms with van der Waals surface area (Å²) in [6.45, 7) is 3.95. The molecule has 2 N–H and O–H groups in total. The Hall–Kier alpha value is -4.66. The molecule has 0 atom stereocenters. The van der Waals surface area contributed by atoms with Crippen LogP contribution in [0.25, 0.3) is 6.08 Å². The fourth-order valence-electron chi connectivity index (χ4n) is 3.27. The van der Waals surface area contributed by atoms with Crippen molar-refractivity contribution in [1.82, 2.24) is 5.32 Å². The minimum Gasteiger partial charge on any atom is -0.454 e. The van der Waals surface area contributed by atoms with Gasteiger partial charge in [0.25, 0.3) is 17.5 Å². The Morgan fingerprint density at radius 3 is 2.38 bits per heavy atom. The number of carbonyl (C=O) groups excluding carboxylic acids is 2. The zero-order valence-corrected chi connectivity index (χ0v) is 18.5. The Morgan fingerprint density at radius 2 is 1.68 bits per heavy atom. The number of nitro benzene ring substituents is 1. The fraction of sp³-hybridized carbons (Fsp3) is 0.120. The zero-order valence-electron chi connectivity index (χ0n) is 18.5. The number of nitrogens with one attached hydrogen (secondary N) is 2. The van der Waals surface area contributed by atoms with E-state index in [1.165, 1.54) is 30.3 Å². The second-order valence-electron chi connectivity index (χ2n) is 7.68. The highest BCUT2D eigenvalue weighted by Gasteiger charge is 2.18. The summed E-state index contributed by atoms with van der Waals surface area (Å²) in [7, 11) is 0. The lowest BCUT2D eigenvalue weighted by Gasteiger charge is -2.12. The first kappa shape index (κ1) is 22.5. The van der Waals surface area contributed by atoms with E-state index in [1.807, 2.05) is 19.9 Å². The van der Waals surface area contributed by atoms with Crippen LogP contribution in [0.1, 0.15) is 27.0 Å². The van der Waals surface area contributed by atoms with Crippen LogP contribution in [0, 0.1) is 24.0 Å². The number of nitrogens with zero attached hydrogens (tertiary/aromatic N) is 1. The third-order valence-electron chi connectivity index (χ3n) is 5.31. The van der Waals surface area contributed by atoms with E-state index in [0.717, 1.165) is 11.1 Å². The third kappa shape index (κ3) is 5.04. The number of non-ortho nitro benzene ring substituents is 1. The molecular formula is C25H21N3O6. The Morgan fingerprint density at radius 1 is 0.941 bits per heavy atom. The Labute approximate surface area is 195 Å². The maximum atomic E-state index is 13.1. The summed E-state index contributed by atoms with van der Waals surface area (Å²) < 4.78 is 10.7. The van der Waals surface area contributed by atoms with Gasteiger partial charge in [0.2, 0.25) is 6.79 Å². The minimum atomic E-state index is -0.594. The molecule has 0 aromatic heterocycles. The highest BCUT2D eigenvalue weighted by Crippen LogP contribution is 2.33. The van der Waals surface area contributed by atoms with Crippen LogP contribution in [0.4, 0.5) is 11.4 Å². The molecule has 0 radical (unpaired) electrons. The Bertz CT molecular complexity index is 1310. The number of anilines is 1. The van der Waals surface area contributed by atoms with E-state index in [-0.39, 0.29) is 18.2 Å². The van der Waals surface area contributed by atoms with Crippen molar-refractivity contribution >= 4 is 29.3 Å². The molecular weight excluding hydrogens is 438 g/mol. The number of amides is 2. The standard InChI is InChI=1S/C25H21N3O6/c1-15-3-5-18(11-16(15)2)24(29)27-21(12-17-4-10-22-23(13-17)34-14-33-22)25(30)26-19-6-8-20(9-7-19)28(31)32/h3-13H,14H2,1-2H3,(H,26,30)(H,27,29)/b21-12+. The average molecular weight is 459 g/mol. The van der Waals surface area contributed by atoms with Crippen LogP contribution in [-0.4, -0.2) is 23.5 Å². The number of benzene rings is 3. The smallest absolute Gasteiger partial charge is 0.272 e. The molecule has 0 saturated heterocycles. The van der Waals surface area contributed by atoms with Gasteiger partial charge in [0.05, 0.1) is 4.92 Å². The average Bonchev–Trinajstić information content (AvgIpc) is 3.28. The van der Waals surface area contributed by atoms with Crippen molar-refractivity contribution in [3.63, 3.8) is 0 Å². The van der Waals surface area contributed by atoms with Crippen LogP contribution in [0.2, 0.25) is 0 Å². The molecule has 1 aliphatic rings. The van der Waals surface area contributed by atoms with E-state index in [2.05, 4.69) is 10.6 Å². The predicted octanol–water partition coefficient (Wildman–Crippen LogP) is 4.35. The summed E-state index contributed by atoms with van der Waals surface area (Å²) in [4.78, 5) is 36.3. The van der Waals surface area contributed by atoms with E-state index in [9.17, 15) is 19.7 Å². The normalized spacial score (nSPS) is 12.2. The second kappa shape index (κ2) is 9.45. The Balaban J connectivity index is 1.62. The molecule has 9 nitrogen and oxygen atoms in total. The van der Waals surface area contributed by atoms with E-state index in [1.54, 1.807) is 30.3 Å². The van der Waals surface area contributed by atoms with Gasteiger partial charge in [-0.1, -0.05) is 12.1 Å². The maximum Gasteiger partial charge on any atom is 0.272 e. The molecule has 0 spiro atoms. The Kier molecular flexibility index (Phi) is 6.26. The number of ether oxygens (including phenoxy) is 2.